The van der Waals surface area contributed by atoms with Crippen LogP contribution in [0.2, 0.25) is 0 Å². The van der Waals surface area contributed by atoms with Gasteiger partial charge in [0, 0.05) is 6.16 Å². The van der Waals surface area contributed by atoms with Gasteiger partial charge < -0.3 is 30.7 Å². The van der Waals surface area contributed by atoms with Crippen molar-refractivity contribution in [2.45, 2.75) is 18.3 Å². The number of carbonyl (C=O) groups is 2. The van der Waals surface area contributed by atoms with Crippen molar-refractivity contribution in [3.05, 3.63) is 29.8 Å². The van der Waals surface area contributed by atoms with E-state index in [1.54, 1.807) is 0 Å². The molecule has 0 aromatic heterocycles. The second kappa shape index (κ2) is 8.07. The Bertz CT molecular complexity index is 620. The number of aliphatic hydroxyl groups is 1. The summed E-state index contributed by atoms with van der Waals surface area (Å²) >= 11 is 0. The highest BCUT2D eigenvalue weighted by molar-refractivity contribution is 7.58. The zero-order valence-corrected chi connectivity index (χ0v) is 12.9. The van der Waals surface area contributed by atoms with Crippen LogP contribution in [0, 0.1) is 0 Å². The molecule has 0 amide bonds. The van der Waals surface area contributed by atoms with E-state index in [1.165, 1.54) is 24.3 Å². The van der Waals surface area contributed by atoms with Gasteiger partial charge in [-0.1, -0.05) is 12.1 Å². The van der Waals surface area contributed by atoms with Crippen molar-refractivity contribution in [2.24, 2.45) is 5.73 Å². The number of rotatable bonds is 9. The minimum atomic E-state index is -4.12. The summed E-state index contributed by atoms with van der Waals surface area (Å²) in [5.41, 5.74) is 5.32. The molecular weight excluding hydrogens is 329 g/mol. The molecule has 10 heteroatoms. The van der Waals surface area contributed by atoms with Crippen molar-refractivity contribution < 1.29 is 39.1 Å². The van der Waals surface area contributed by atoms with E-state index in [-0.39, 0.29) is 17.7 Å². The highest BCUT2D eigenvalue weighted by atomic mass is 31.2. The predicted molar refractivity (Wildman–Crippen MR) is 79.5 cm³/mol. The van der Waals surface area contributed by atoms with Crippen molar-refractivity contribution in [3.63, 3.8) is 0 Å². The summed E-state index contributed by atoms with van der Waals surface area (Å²) < 4.78 is 17.1. The van der Waals surface area contributed by atoms with E-state index in [0.717, 1.165) is 0 Å². The molecule has 0 heterocycles. The molecule has 0 saturated heterocycles. The second-order valence-corrected chi connectivity index (χ2v) is 7.29. The molecule has 128 valence electrons. The van der Waals surface area contributed by atoms with Gasteiger partial charge in [0.15, 0.2) is 12.5 Å². The Hall–Kier alpha value is -1.93. The van der Waals surface area contributed by atoms with Gasteiger partial charge in [-0.3, -0.25) is 9.36 Å². The van der Waals surface area contributed by atoms with Crippen LogP contribution in [-0.4, -0.2) is 51.0 Å². The Labute approximate surface area is 131 Å². The smallest absolute Gasteiger partial charge is 0.341 e. The molecule has 6 N–H and O–H groups in total. The van der Waals surface area contributed by atoms with E-state index in [1.807, 2.05) is 0 Å². The van der Waals surface area contributed by atoms with Crippen LogP contribution in [0.3, 0.4) is 0 Å². The summed E-state index contributed by atoms with van der Waals surface area (Å²) in [5.74, 6) is -4.13. The van der Waals surface area contributed by atoms with Crippen LogP contribution in [0.1, 0.15) is 17.8 Å². The number of hydrogen-bond acceptors (Lipinski definition) is 6. The fourth-order valence-corrected chi connectivity index (χ4v) is 3.23. The van der Waals surface area contributed by atoms with Crippen LogP contribution >= 0.6 is 7.37 Å². The average Bonchev–Trinajstić information content (AvgIpc) is 2.50. The monoisotopic (exact) mass is 347 g/mol. The lowest BCUT2D eigenvalue weighted by molar-refractivity contribution is -0.139. The number of carboxylic acids is 2. The highest BCUT2D eigenvalue weighted by Crippen LogP contribution is 2.54. The summed E-state index contributed by atoms with van der Waals surface area (Å²) in [5, 5.41) is 27.2. The zero-order chi connectivity index (χ0) is 17.6. The van der Waals surface area contributed by atoms with Gasteiger partial charge in [-0.25, -0.2) is 4.79 Å². The lowest BCUT2D eigenvalue weighted by atomic mass is 10.2. The van der Waals surface area contributed by atoms with Gasteiger partial charge in [0.25, 0.3) is 0 Å². The molecule has 0 radical (unpaired) electrons. The van der Waals surface area contributed by atoms with Gasteiger partial charge in [0.1, 0.15) is 11.8 Å². The normalized spacial score (nSPS) is 16.1. The second-order valence-electron chi connectivity index (χ2n) is 4.84. The molecule has 0 aliphatic carbocycles. The Kier molecular flexibility index (Phi) is 6.71. The van der Waals surface area contributed by atoms with E-state index in [2.05, 4.69) is 0 Å². The van der Waals surface area contributed by atoms with E-state index in [0.29, 0.717) is 0 Å². The predicted octanol–water partition coefficient (Wildman–Crippen LogP) is 0.213. The standard InChI is InChI=1S/C13H18NO8P/c14-10(12(17)18)4-5-23(20,21)13(19)8-2-1-3-9(6-8)22-7-11(15)16/h1-3,6,10,13,19H,4-5,7,14H2,(H,15,16)(H,17,18)(H,20,21)/t10-,13?/m0/s1. The molecule has 0 saturated carbocycles. The number of nitrogens with two attached hydrogens (primary N) is 1. The molecule has 0 spiro atoms. The van der Waals surface area contributed by atoms with Gasteiger partial charge in [-0.05, 0) is 24.1 Å². The summed E-state index contributed by atoms with van der Waals surface area (Å²) in [6.07, 6.45) is -0.739. The maximum atomic E-state index is 12.1. The van der Waals surface area contributed by atoms with E-state index in [9.17, 15) is 24.2 Å². The Balaban J connectivity index is 2.80. The molecule has 0 bridgehead atoms. The van der Waals surface area contributed by atoms with E-state index in [4.69, 9.17) is 20.7 Å². The topological polar surface area (TPSA) is 167 Å². The third-order valence-electron chi connectivity index (χ3n) is 2.98. The van der Waals surface area contributed by atoms with Crippen molar-refractivity contribution in [3.8, 4) is 5.75 Å². The Morgan fingerprint density at radius 3 is 2.52 bits per heavy atom. The number of aliphatic hydroxyl groups excluding tert-OH is 1. The summed E-state index contributed by atoms with van der Waals surface area (Å²) in [7, 11) is -4.12. The highest BCUT2D eigenvalue weighted by Gasteiger charge is 2.31. The third-order valence-corrected chi connectivity index (χ3v) is 4.94. The fourth-order valence-electron chi connectivity index (χ4n) is 1.71. The number of ether oxygens (including phenoxy) is 1. The first-order valence-electron chi connectivity index (χ1n) is 6.56. The average molecular weight is 347 g/mol. The van der Waals surface area contributed by atoms with Gasteiger partial charge in [-0.15, -0.1) is 0 Å². The van der Waals surface area contributed by atoms with Crippen molar-refractivity contribution in [1.82, 2.24) is 0 Å². The largest absolute Gasteiger partial charge is 0.482 e. The van der Waals surface area contributed by atoms with Crippen LogP contribution in [0.25, 0.3) is 0 Å². The first kappa shape index (κ1) is 19.1. The molecule has 9 nitrogen and oxygen atoms in total. The van der Waals surface area contributed by atoms with Gasteiger partial charge >= 0.3 is 11.9 Å². The molecule has 23 heavy (non-hydrogen) atoms. The van der Waals surface area contributed by atoms with Crippen molar-refractivity contribution in [2.75, 3.05) is 12.8 Å². The summed E-state index contributed by atoms with van der Waals surface area (Å²) in [4.78, 5) is 30.9. The minimum absolute atomic E-state index is 0.0580. The number of benzene rings is 1. The van der Waals surface area contributed by atoms with E-state index >= 15 is 0 Å². The lowest BCUT2D eigenvalue weighted by Crippen LogP contribution is -2.31. The van der Waals surface area contributed by atoms with Crippen molar-refractivity contribution in [1.29, 1.82) is 0 Å². The van der Waals surface area contributed by atoms with Gasteiger partial charge in [0.05, 0.1) is 0 Å². The summed E-state index contributed by atoms with van der Waals surface area (Å²) in [6, 6.07) is 4.18. The fraction of sp³-hybridized carbons (Fsp3) is 0.385. The number of aliphatic carboxylic acids is 2. The van der Waals surface area contributed by atoms with Crippen LogP contribution in [-0.2, 0) is 14.2 Å². The number of carboxylic acid groups (broad SMARTS) is 2. The molecule has 1 rings (SSSR count). The van der Waals surface area contributed by atoms with Crippen LogP contribution in [0.4, 0.5) is 0 Å². The van der Waals surface area contributed by atoms with Crippen molar-refractivity contribution >= 4 is 19.3 Å². The van der Waals surface area contributed by atoms with Crippen LogP contribution in [0.5, 0.6) is 5.75 Å². The maximum Gasteiger partial charge on any atom is 0.341 e. The molecule has 2 unspecified atom stereocenters. The first-order valence-corrected chi connectivity index (χ1v) is 8.47. The minimum Gasteiger partial charge on any atom is -0.482 e. The molecule has 1 aromatic rings. The molecule has 0 aliphatic rings. The zero-order valence-electron chi connectivity index (χ0n) is 12.0. The maximum absolute atomic E-state index is 12.1. The van der Waals surface area contributed by atoms with E-state index < -0.39 is 44.0 Å². The van der Waals surface area contributed by atoms with Crippen LogP contribution in [0.15, 0.2) is 24.3 Å². The van der Waals surface area contributed by atoms with Gasteiger partial charge in [0.2, 0.25) is 7.37 Å². The molecule has 0 fully saturated rings. The molecule has 0 aliphatic heterocycles. The third kappa shape index (κ3) is 5.99. The Morgan fingerprint density at radius 1 is 1.30 bits per heavy atom. The number of hydrogen-bond donors (Lipinski definition) is 5. The van der Waals surface area contributed by atoms with Gasteiger partial charge in [-0.2, -0.15) is 0 Å². The molecule has 3 atom stereocenters. The first-order chi connectivity index (χ1) is 10.6. The quantitative estimate of drug-likeness (QED) is 0.392. The molecule has 1 aromatic carbocycles. The summed E-state index contributed by atoms with van der Waals surface area (Å²) in [6.45, 7) is -0.593. The SMILES string of the molecule is N[C@@H](CCP(=O)(O)C(O)c1cccc(OCC(=O)O)c1)C(=O)O. The van der Waals surface area contributed by atoms with Crippen LogP contribution < -0.4 is 10.5 Å². The Morgan fingerprint density at radius 2 is 1.96 bits per heavy atom. The molecular formula is C13H18NO8P. The lowest BCUT2D eigenvalue weighted by Gasteiger charge is -2.20.